The number of aliphatic hydroxyl groups excluding tert-OH is 1. The Bertz CT molecular complexity index is 1930. The predicted molar refractivity (Wildman–Crippen MR) is 155 cm³/mol. The zero-order chi connectivity index (χ0) is 30.8. The third-order valence-corrected chi connectivity index (χ3v) is 6.40. The van der Waals surface area contributed by atoms with Gasteiger partial charge in [0, 0.05) is 42.8 Å². The van der Waals surface area contributed by atoms with E-state index in [0.29, 0.717) is 16.9 Å². The van der Waals surface area contributed by atoms with E-state index in [0.717, 1.165) is 29.0 Å². The van der Waals surface area contributed by atoms with Gasteiger partial charge in [0.1, 0.15) is 22.5 Å². The number of carbonyl (C=O) groups excluding carboxylic acids is 1. The molecule has 1 amide bonds. The zero-order valence-corrected chi connectivity index (χ0v) is 23.3. The topological polar surface area (TPSA) is 156 Å². The van der Waals surface area contributed by atoms with Crippen molar-refractivity contribution in [1.29, 1.82) is 0 Å². The Hall–Kier alpha value is -5.37. The molecule has 0 bridgehead atoms. The summed E-state index contributed by atoms with van der Waals surface area (Å²) in [7, 11) is 0. The van der Waals surface area contributed by atoms with Gasteiger partial charge in [-0.15, -0.1) is 0 Å². The molecule has 12 nitrogen and oxygen atoms in total. The van der Waals surface area contributed by atoms with Gasteiger partial charge in [-0.25, -0.2) is 23.1 Å². The first kappa shape index (κ1) is 29.1. The van der Waals surface area contributed by atoms with Gasteiger partial charge in [0.2, 0.25) is 0 Å². The molecule has 0 spiro atoms. The van der Waals surface area contributed by atoms with Crippen LogP contribution in [0.2, 0.25) is 0 Å². The van der Waals surface area contributed by atoms with Crippen LogP contribution in [0.4, 0.5) is 20.3 Å². The minimum absolute atomic E-state index is 0.0207. The molecule has 0 aliphatic heterocycles. The summed E-state index contributed by atoms with van der Waals surface area (Å²) < 4.78 is 36.5. The van der Waals surface area contributed by atoms with Crippen LogP contribution in [-0.2, 0) is 0 Å². The summed E-state index contributed by atoms with van der Waals surface area (Å²) in [6, 6.07) is 9.50. The SMILES string of the molecule is CC(C)n1cc(C(=O)Nc2ccc(Oc3ccnc4[nH]nc(NC[C@@H](C)O)c34)c(F)c2)c(=O)n(-c2ccc(F)cc2)c1=O. The standard InChI is InChI=1S/C29H27F2N7O5/c1-15(2)37-14-20(28(41)38(29(37)42)19-7-4-17(30)5-8-19)27(40)34-18-6-9-22(21(31)12-18)43-23-10-11-32-25-24(23)26(36-35-25)33-13-16(3)39/h4-12,14-16,39H,13H2,1-3H3,(H,34,40)(H2,32,33,35,36)/t16-/m1/s1. The number of nitrogens with one attached hydrogen (secondary N) is 3. The van der Waals surface area contributed by atoms with Crippen molar-refractivity contribution >= 4 is 28.4 Å². The van der Waals surface area contributed by atoms with Crippen LogP contribution < -0.4 is 26.6 Å². The Kier molecular flexibility index (Phi) is 8.03. The average Bonchev–Trinajstić information content (AvgIpc) is 3.38. The molecular formula is C29H27F2N7O5. The van der Waals surface area contributed by atoms with Gasteiger partial charge in [-0.2, -0.15) is 5.10 Å². The predicted octanol–water partition coefficient (Wildman–Crippen LogP) is 3.97. The minimum Gasteiger partial charge on any atom is -0.453 e. The molecule has 0 aliphatic rings. The van der Waals surface area contributed by atoms with Crippen molar-refractivity contribution in [2.75, 3.05) is 17.2 Å². The number of benzene rings is 2. The maximum atomic E-state index is 15.2. The third-order valence-electron chi connectivity index (χ3n) is 6.40. The lowest BCUT2D eigenvalue weighted by molar-refractivity contribution is 0.102. The van der Waals surface area contributed by atoms with Crippen LogP contribution in [-0.4, -0.2) is 48.0 Å². The molecule has 3 heterocycles. The highest BCUT2D eigenvalue weighted by atomic mass is 19.1. The Morgan fingerprint density at radius 3 is 2.49 bits per heavy atom. The summed E-state index contributed by atoms with van der Waals surface area (Å²) >= 11 is 0. The molecule has 0 saturated carbocycles. The summed E-state index contributed by atoms with van der Waals surface area (Å²) in [5.74, 6) is -1.83. The molecular weight excluding hydrogens is 564 g/mol. The fraction of sp³-hybridized carbons (Fsp3) is 0.207. The van der Waals surface area contributed by atoms with E-state index in [1.807, 2.05) is 0 Å². The van der Waals surface area contributed by atoms with Crippen LogP contribution in [0.3, 0.4) is 0 Å². The van der Waals surface area contributed by atoms with E-state index in [1.54, 1.807) is 20.8 Å². The van der Waals surface area contributed by atoms with Gasteiger partial charge in [-0.3, -0.25) is 19.3 Å². The van der Waals surface area contributed by atoms with Crippen LogP contribution in [0.5, 0.6) is 11.5 Å². The summed E-state index contributed by atoms with van der Waals surface area (Å²) in [4.78, 5) is 43.7. The Morgan fingerprint density at radius 2 is 1.81 bits per heavy atom. The fourth-order valence-electron chi connectivity index (χ4n) is 4.27. The molecule has 5 aromatic rings. The number of fused-ring (bicyclic) bond motifs is 1. The second kappa shape index (κ2) is 11.9. The van der Waals surface area contributed by atoms with Gasteiger partial charge < -0.3 is 20.5 Å². The molecule has 43 heavy (non-hydrogen) atoms. The molecule has 5 rings (SSSR count). The maximum absolute atomic E-state index is 15.2. The molecule has 0 unspecified atom stereocenters. The van der Waals surface area contributed by atoms with Gasteiger partial charge in [0.25, 0.3) is 11.5 Å². The van der Waals surface area contributed by atoms with Crippen LogP contribution in [0.25, 0.3) is 16.7 Å². The second-order valence-corrected chi connectivity index (χ2v) is 9.98. The largest absolute Gasteiger partial charge is 0.453 e. The Morgan fingerprint density at radius 1 is 1.07 bits per heavy atom. The highest BCUT2D eigenvalue weighted by molar-refractivity contribution is 6.04. The number of aromatic nitrogens is 5. The van der Waals surface area contributed by atoms with Crippen LogP contribution >= 0.6 is 0 Å². The van der Waals surface area contributed by atoms with E-state index in [-0.39, 0.29) is 35.0 Å². The number of hydrogen-bond acceptors (Lipinski definition) is 8. The average molecular weight is 592 g/mol. The smallest absolute Gasteiger partial charge is 0.335 e. The van der Waals surface area contributed by atoms with E-state index < -0.39 is 40.9 Å². The van der Waals surface area contributed by atoms with E-state index in [1.165, 1.54) is 41.1 Å². The number of aromatic amines is 1. The number of nitrogens with zero attached hydrogens (tertiary/aromatic N) is 4. The van der Waals surface area contributed by atoms with Crippen LogP contribution in [0.1, 0.15) is 37.2 Å². The number of halogens is 2. The first-order chi connectivity index (χ1) is 20.5. The molecule has 0 aliphatic carbocycles. The lowest BCUT2D eigenvalue weighted by atomic mass is 10.2. The lowest BCUT2D eigenvalue weighted by Gasteiger charge is -2.16. The van der Waals surface area contributed by atoms with Gasteiger partial charge in [0.15, 0.2) is 23.0 Å². The summed E-state index contributed by atoms with van der Waals surface area (Å²) in [6.07, 6.45) is 1.95. The first-order valence-electron chi connectivity index (χ1n) is 13.2. The van der Waals surface area contributed by atoms with Crippen molar-refractivity contribution < 1.29 is 23.4 Å². The second-order valence-electron chi connectivity index (χ2n) is 9.98. The number of amides is 1. The third kappa shape index (κ3) is 5.99. The number of ether oxygens (including phenoxy) is 1. The fourth-order valence-corrected chi connectivity index (χ4v) is 4.27. The highest BCUT2D eigenvalue weighted by Crippen LogP contribution is 2.34. The van der Waals surface area contributed by atoms with E-state index in [9.17, 15) is 23.9 Å². The minimum atomic E-state index is -0.923. The monoisotopic (exact) mass is 591 g/mol. The molecule has 0 fully saturated rings. The molecule has 3 aromatic heterocycles. The van der Waals surface area contributed by atoms with E-state index in [4.69, 9.17) is 4.74 Å². The molecule has 14 heteroatoms. The maximum Gasteiger partial charge on any atom is 0.335 e. The summed E-state index contributed by atoms with van der Waals surface area (Å²) in [5.41, 5.74) is -1.53. The number of pyridine rings is 1. The van der Waals surface area contributed by atoms with E-state index in [2.05, 4.69) is 25.8 Å². The number of H-pyrrole nitrogens is 1. The summed E-state index contributed by atoms with van der Waals surface area (Å²) in [6.45, 7) is 5.21. The number of carbonyl (C=O) groups is 1. The van der Waals surface area contributed by atoms with Gasteiger partial charge in [-0.1, -0.05) is 0 Å². The Balaban J connectivity index is 1.43. The first-order valence-corrected chi connectivity index (χ1v) is 13.2. The molecule has 0 saturated heterocycles. The van der Waals surface area contributed by atoms with Gasteiger partial charge >= 0.3 is 5.69 Å². The van der Waals surface area contributed by atoms with Gasteiger partial charge in [-0.05, 0) is 57.2 Å². The number of hydrogen-bond donors (Lipinski definition) is 4. The van der Waals surface area contributed by atoms with Crippen molar-refractivity contribution in [2.24, 2.45) is 0 Å². The number of aliphatic hydroxyl groups is 1. The molecule has 1 atom stereocenters. The van der Waals surface area contributed by atoms with Gasteiger partial charge in [0.05, 0.1) is 11.8 Å². The molecule has 4 N–H and O–H groups in total. The van der Waals surface area contributed by atoms with Crippen molar-refractivity contribution in [3.8, 4) is 17.2 Å². The normalized spacial score (nSPS) is 12.0. The highest BCUT2D eigenvalue weighted by Gasteiger charge is 2.21. The molecule has 222 valence electrons. The van der Waals surface area contributed by atoms with Crippen molar-refractivity contribution in [3.63, 3.8) is 0 Å². The molecule has 2 aromatic carbocycles. The van der Waals surface area contributed by atoms with Crippen LogP contribution in [0, 0.1) is 11.6 Å². The Labute approximate surface area is 242 Å². The lowest BCUT2D eigenvalue weighted by Crippen LogP contribution is -2.42. The summed E-state index contributed by atoms with van der Waals surface area (Å²) in [5, 5.41) is 22.4. The van der Waals surface area contributed by atoms with E-state index >= 15 is 4.39 Å². The quantitative estimate of drug-likeness (QED) is 0.201. The van der Waals surface area contributed by atoms with Crippen molar-refractivity contribution in [2.45, 2.75) is 32.9 Å². The zero-order valence-electron chi connectivity index (χ0n) is 23.3. The number of rotatable bonds is 9. The number of anilines is 2. The molecule has 0 radical (unpaired) electrons. The van der Waals surface area contributed by atoms with Crippen LogP contribution in [0.15, 0.2) is 70.5 Å². The van der Waals surface area contributed by atoms with Crippen molar-refractivity contribution in [1.82, 2.24) is 24.3 Å². The van der Waals surface area contributed by atoms with Crippen molar-refractivity contribution in [3.05, 3.63) is 99.0 Å².